The molecule has 2 saturated heterocycles. The van der Waals surface area contributed by atoms with E-state index < -0.39 is 0 Å². The molecule has 0 bridgehead atoms. The van der Waals surface area contributed by atoms with Gasteiger partial charge in [-0.1, -0.05) is 6.92 Å². The highest BCUT2D eigenvalue weighted by molar-refractivity contribution is 5.79. The van der Waals surface area contributed by atoms with Crippen LogP contribution in [-0.2, 0) is 4.79 Å². The summed E-state index contributed by atoms with van der Waals surface area (Å²) in [5.41, 5.74) is 0.936. The molecular weight excluding hydrogens is 378 g/mol. The maximum atomic E-state index is 13.1. The Kier molecular flexibility index (Phi) is 6.35. The van der Waals surface area contributed by atoms with E-state index in [2.05, 4.69) is 27.0 Å². The van der Waals surface area contributed by atoms with Crippen LogP contribution in [-0.4, -0.2) is 54.1 Å². The second-order valence-electron chi connectivity index (χ2n) is 8.41. The van der Waals surface area contributed by atoms with E-state index in [9.17, 15) is 4.79 Å². The van der Waals surface area contributed by atoms with Crippen molar-refractivity contribution in [3.05, 3.63) is 36.5 Å². The standard InChI is InChI=1S/C23H31N5O2/c1-17-5-3-13-27(15-17)22(29)18-6-4-14-28(16-18)23-24-12-11-21(26-23)25-19-7-9-20(30-2)10-8-19/h7-12,17-18H,3-6,13-16H2,1-2H3,(H,24,25,26). The molecule has 4 rings (SSSR count). The lowest BCUT2D eigenvalue weighted by Crippen LogP contribution is -2.48. The predicted octanol–water partition coefficient (Wildman–Crippen LogP) is 3.70. The lowest BCUT2D eigenvalue weighted by molar-refractivity contribution is -0.137. The van der Waals surface area contributed by atoms with Crippen LogP contribution in [0.1, 0.15) is 32.6 Å². The predicted molar refractivity (Wildman–Crippen MR) is 118 cm³/mol. The quantitative estimate of drug-likeness (QED) is 0.812. The molecule has 0 radical (unpaired) electrons. The van der Waals surface area contributed by atoms with Crippen LogP contribution in [0, 0.1) is 11.8 Å². The van der Waals surface area contributed by atoms with E-state index in [1.54, 1.807) is 13.3 Å². The second-order valence-corrected chi connectivity index (χ2v) is 8.41. The average molecular weight is 410 g/mol. The number of nitrogens with zero attached hydrogens (tertiary/aromatic N) is 4. The molecule has 3 heterocycles. The first-order chi connectivity index (χ1) is 14.6. The molecule has 0 aliphatic carbocycles. The summed E-state index contributed by atoms with van der Waals surface area (Å²) < 4.78 is 5.21. The molecule has 1 N–H and O–H groups in total. The van der Waals surface area contributed by atoms with Gasteiger partial charge in [0.05, 0.1) is 13.0 Å². The van der Waals surface area contributed by atoms with Gasteiger partial charge < -0.3 is 19.9 Å². The minimum Gasteiger partial charge on any atom is -0.497 e. The highest BCUT2D eigenvalue weighted by Crippen LogP contribution is 2.26. The molecule has 1 aromatic heterocycles. The summed E-state index contributed by atoms with van der Waals surface area (Å²) in [6.07, 6.45) is 6.04. The number of methoxy groups -OCH3 is 1. The maximum Gasteiger partial charge on any atom is 0.227 e. The molecule has 2 aliphatic heterocycles. The van der Waals surface area contributed by atoms with Crippen LogP contribution in [0.15, 0.2) is 36.5 Å². The molecular formula is C23H31N5O2. The van der Waals surface area contributed by atoms with Crippen molar-refractivity contribution in [3.63, 3.8) is 0 Å². The van der Waals surface area contributed by atoms with Crippen molar-refractivity contribution in [3.8, 4) is 5.75 Å². The molecule has 7 nitrogen and oxygen atoms in total. The number of rotatable bonds is 5. The summed E-state index contributed by atoms with van der Waals surface area (Å²) in [6, 6.07) is 9.58. The Morgan fingerprint density at radius 1 is 1.10 bits per heavy atom. The molecule has 2 atom stereocenters. The largest absolute Gasteiger partial charge is 0.497 e. The van der Waals surface area contributed by atoms with E-state index >= 15 is 0 Å². The van der Waals surface area contributed by atoms with Crippen molar-refractivity contribution in [1.29, 1.82) is 0 Å². The van der Waals surface area contributed by atoms with E-state index in [4.69, 9.17) is 9.72 Å². The molecule has 0 spiro atoms. The summed E-state index contributed by atoms with van der Waals surface area (Å²) in [6.45, 7) is 5.61. The monoisotopic (exact) mass is 409 g/mol. The SMILES string of the molecule is COc1ccc(Nc2ccnc(N3CCCC(C(=O)N4CCCC(C)C4)C3)n2)cc1. The Bertz CT molecular complexity index is 857. The Morgan fingerprint density at radius 3 is 2.67 bits per heavy atom. The molecule has 160 valence electrons. The third-order valence-corrected chi connectivity index (χ3v) is 6.03. The normalized spacial score (nSPS) is 21.9. The topological polar surface area (TPSA) is 70.6 Å². The van der Waals surface area contributed by atoms with Crippen LogP contribution in [0.3, 0.4) is 0 Å². The van der Waals surface area contributed by atoms with Crippen molar-refractivity contribution in [2.75, 3.05) is 43.5 Å². The summed E-state index contributed by atoms with van der Waals surface area (Å²) in [5.74, 6) is 3.17. The third kappa shape index (κ3) is 4.83. The minimum atomic E-state index is 0.0332. The number of carbonyl (C=O) groups excluding carboxylic acids is 1. The van der Waals surface area contributed by atoms with Gasteiger partial charge >= 0.3 is 0 Å². The number of carbonyl (C=O) groups is 1. The van der Waals surface area contributed by atoms with E-state index in [1.807, 2.05) is 30.3 Å². The lowest BCUT2D eigenvalue weighted by atomic mass is 9.94. The van der Waals surface area contributed by atoms with Crippen molar-refractivity contribution in [1.82, 2.24) is 14.9 Å². The molecule has 7 heteroatoms. The molecule has 1 aromatic carbocycles. The first-order valence-electron chi connectivity index (χ1n) is 10.9. The van der Waals surface area contributed by atoms with Gasteiger partial charge in [0.25, 0.3) is 0 Å². The number of nitrogens with one attached hydrogen (secondary N) is 1. The fourth-order valence-electron chi connectivity index (χ4n) is 4.40. The van der Waals surface area contributed by atoms with Gasteiger partial charge in [-0.05, 0) is 61.9 Å². The van der Waals surface area contributed by atoms with Crippen LogP contribution in [0.4, 0.5) is 17.5 Å². The van der Waals surface area contributed by atoms with Gasteiger partial charge in [0.1, 0.15) is 11.6 Å². The van der Waals surface area contributed by atoms with Gasteiger partial charge in [0, 0.05) is 38.1 Å². The first-order valence-corrected chi connectivity index (χ1v) is 10.9. The van der Waals surface area contributed by atoms with Gasteiger partial charge in [-0.15, -0.1) is 0 Å². The zero-order chi connectivity index (χ0) is 20.9. The molecule has 2 fully saturated rings. The van der Waals surface area contributed by atoms with Crippen molar-refractivity contribution >= 4 is 23.4 Å². The Labute approximate surface area is 178 Å². The summed E-state index contributed by atoms with van der Waals surface area (Å²) in [5, 5.41) is 3.32. The lowest BCUT2D eigenvalue weighted by Gasteiger charge is -2.37. The number of hydrogen-bond donors (Lipinski definition) is 1. The number of benzene rings is 1. The smallest absolute Gasteiger partial charge is 0.227 e. The second kappa shape index (κ2) is 9.32. The molecule has 30 heavy (non-hydrogen) atoms. The summed E-state index contributed by atoms with van der Waals surface area (Å²) in [7, 11) is 1.65. The van der Waals surface area contributed by atoms with Gasteiger partial charge in [0.15, 0.2) is 0 Å². The zero-order valence-electron chi connectivity index (χ0n) is 17.9. The van der Waals surface area contributed by atoms with Crippen molar-refractivity contribution in [2.24, 2.45) is 11.8 Å². The number of amides is 1. The van der Waals surface area contributed by atoms with Crippen LogP contribution in [0.25, 0.3) is 0 Å². The highest BCUT2D eigenvalue weighted by Gasteiger charge is 2.32. The fourth-order valence-corrected chi connectivity index (χ4v) is 4.40. The number of anilines is 3. The van der Waals surface area contributed by atoms with Crippen molar-refractivity contribution < 1.29 is 9.53 Å². The first kappa shape index (κ1) is 20.4. The Balaban J connectivity index is 1.41. The van der Waals surface area contributed by atoms with Crippen LogP contribution in [0.2, 0.25) is 0 Å². The van der Waals surface area contributed by atoms with Gasteiger partial charge in [-0.2, -0.15) is 4.98 Å². The van der Waals surface area contributed by atoms with E-state index in [0.717, 1.165) is 56.2 Å². The van der Waals surface area contributed by atoms with Crippen LogP contribution >= 0.6 is 0 Å². The van der Waals surface area contributed by atoms with E-state index in [0.29, 0.717) is 24.3 Å². The molecule has 2 unspecified atom stereocenters. The maximum absolute atomic E-state index is 13.1. The average Bonchev–Trinajstić information content (AvgIpc) is 2.79. The number of aromatic nitrogens is 2. The van der Waals surface area contributed by atoms with Crippen LogP contribution < -0.4 is 15.0 Å². The number of piperidine rings is 2. The van der Waals surface area contributed by atoms with E-state index in [-0.39, 0.29) is 5.92 Å². The molecule has 2 aliphatic rings. The number of ether oxygens (including phenoxy) is 1. The Hall–Kier alpha value is -2.83. The van der Waals surface area contributed by atoms with Gasteiger partial charge in [-0.25, -0.2) is 4.98 Å². The third-order valence-electron chi connectivity index (χ3n) is 6.03. The van der Waals surface area contributed by atoms with Gasteiger partial charge in [-0.3, -0.25) is 4.79 Å². The molecule has 0 saturated carbocycles. The summed E-state index contributed by atoms with van der Waals surface area (Å²) >= 11 is 0. The van der Waals surface area contributed by atoms with Crippen LogP contribution in [0.5, 0.6) is 5.75 Å². The minimum absolute atomic E-state index is 0.0332. The summed E-state index contributed by atoms with van der Waals surface area (Å²) in [4.78, 5) is 26.5. The van der Waals surface area contributed by atoms with Crippen molar-refractivity contribution in [2.45, 2.75) is 32.6 Å². The van der Waals surface area contributed by atoms with E-state index in [1.165, 1.54) is 6.42 Å². The molecule has 2 aromatic rings. The number of hydrogen-bond acceptors (Lipinski definition) is 6. The Morgan fingerprint density at radius 2 is 1.90 bits per heavy atom. The fraction of sp³-hybridized carbons (Fsp3) is 0.522. The highest BCUT2D eigenvalue weighted by atomic mass is 16.5. The molecule has 1 amide bonds. The number of likely N-dealkylation sites (tertiary alicyclic amines) is 1. The van der Waals surface area contributed by atoms with Gasteiger partial charge in [0.2, 0.25) is 11.9 Å². The zero-order valence-corrected chi connectivity index (χ0v) is 17.9.